The molecule has 4 aliphatic carbocycles. The van der Waals surface area contributed by atoms with Crippen molar-refractivity contribution >= 4 is 0 Å². The molecule has 1 N–H and O–H groups in total. The first-order valence-corrected chi connectivity index (χ1v) is 9.21. The molecule has 2 nitrogen and oxygen atoms in total. The van der Waals surface area contributed by atoms with Gasteiger partial charge < -0.3 is 5.11 Å². The molecule has 0 aromatic rings. The van der Waals surface area contributed by atoms with Crippen LogP contribution in [0.15, 0.2) is 0 Å². The van der Waals surface area contributed by atoms with Gasteiger partial charge in [0.1, 0.15) is 0 Å². The van der Waals surface area contributed by atoms with Crippen LogP contribution in [0.25, 0.3) is 0 Å². The normalized spacial score (nSPS) is 56.0. The van der Waals surface area contributed by atoms with Gasteiger partial charge in [0.25, 0.3) is 0 Å². The van der Waals surface area contributed by atoms with Crippen molar-refractivity contribution in [1.82, 2.24) is 0 Å². The summed E-state index contributed by atoms with van der Waals surface area (Å²) in [6, 6.07) is 2.63. The summed E-state index contributed by atoms with van der Waals surface area (Å²) in [5, 5.41) is 19.5. The summed E-state index contributed by atoms with van der Waals surface area (Å²) in [5.41, 5.74) is 0.316. The van der Waals surface area contributed by atoms with E-state index >= 15 is 0 Å². The lowest BCUT2D eigenvalue weighted by atomic mass is 9.50. The van der Waals surface area contributed by atoms with Gasteiger partial charge >= 0.3 is 0 Å². The van der Waals surface area contributed by atoms with E-state index in [4.69, 9.17) is 0 Å². The molecule has 2 heteroatoms. The lowest BCUT2D eigenvalue weighted by Crippen LogP contribution is -2.48. The van der Waals surface area contributed by atoms with Crippen LogP contribution in [0.3, 0.4) is 0 Å². The first-order valence-electron chi connectivity index (χ1n) is 9.21. The number of fused-ring (bicyclic) bond motifs is 5. The van der Waals surface area contributed by atoms with Crippen molar-refractivity contribution in [1.29, 1.82) is 5.26 Å². The number of aliphatic hydroxyl groups excluding tert-OH is 1. The van der Waals surface area contributed by atoms with Crippen LogP contribution in [0.2, 0.25) is 0 Å². The van der Waals surface area contributed by atoms with E-state index in [1.807, 2.05) is 0 Å². The summed E-state index contributed by atoms with van der Waals surface area (Å²) in [6.07, 6.45) is 11.1. The molecular formula is C19H29NO. The van der Waals surface area contributed by atoms with E-state index in [9.17, 15) is 10.4 Å². The van der Waals surface area contributed by atoms with E-state index in [0.717, 1.165) is 48.9 Å². The summed E-state index contributed by atoms with van der Waals surface area (Å²) < 4.78 is 0. The lowest BCUT2D eigenvalue weighted by Gasteiger charge is -2.55. The van der Waals surface area contributed by atoms with E-state index < -0.39 is 0 Å². The quantitative estimate of drug-likeness (QED) is 0.727. The van der Waals surface area contributed by atoms with E-state index in [-0.39, 0.29) is 6.10 Å². The molecular weight excluding hydrogens is 258 g/mol. The molecule has 0 heterocycles. The fourth-order valence-corrected chi connectivity index (χ4v) is 7.04. The summed E-state index contributed by atoms with van der Waals surface area (Å²) in [5.74, 6) is 4.61. The molecule has 116 valence electrons. The van der Waals surface area contributed by atoms with Crippen molar-refractivity contribution in [3.63, 3.8) is 0 Å². The second kappa shape index (κ2) is 4.98. The second-order valence-electron chi connectivity index (χ2n) is 8.71. The Bertz CT molecular complexity index is 455. The Kier molecular flexibility index (Phi) is 3.34. The average molecular weight is 287 g/mol. The van der Waals surface area contributed by atoms with E-state index in [2.05, 4.69) is 13.0 Å². The van der Waals surface area contributed by atoms with Gasteiger partial charge in [0.05, 0.1) is 18.1 Å². The van der Waals surface area contributed by atoms with E-state index in [1.165, 1.54) is 38.5 Å². The number of nitrogens with zero attached hydrogens (tertiary/aromatic N) is 1. The average Bonchev–Trinajstić information content (AvgIpc) is 2.83. The molecule has 1 unspecified atom stereocenters. The molecule has 4 aliphatic rings. The fourth-order valence-electron chi connectivity index (χ4n) is 7.04. The maximum absolute atomic E-state index is 9.97. The highest BCUT2D eigenvalue weighted by molar-refractivity contribution is 5.10. The van der Waals surface area contributed by atoms with Gasteiger partial charge in [-0.2, -0.15) is 5.26 Å². The SMILES string of the molecule is C[C@]12CC[C@H]3[C@@H](CCC4C[C@H](O)CC[C@@H]43)[C@@H]1CC[C@@H]2C#N. The first-order chi connectivity index (χ1) is 10.1. The lowest BCUT2D eigenvalue weighted by molar-refractivity contribution is -0.0727. The minimum absolute atomic E-state index is 0.0221. The number of hydrogen-bond acceptors (Lipinski definition) is 2. The number of hydrogen-bond donors (Lipinski definition) is 1. The monoisotopic (exact) mass is 287 g/mol. The maximum atomic E-state index is 9.97. The predicted molar refractivity (Wildman–Crippen MR) is 82.2 cm³/mol. The molecule has 0 radical (unpaired) electrons. The number of nitriles is 1. The summed E-state index contributed by atoms with van der Waals surface area (Å²) in [7, 11) is 0. The van der Waals surface area contributed by atoms with Crippen molar-refractivity contribution in [3.8, 4) is 6.07 Å². The third kappa shape index (κ3) is 2.00. The molecule has 21 heavy (non-hydrogen) atoms. The smallest absolute Gasteiger partial charge is 0.0661 e. The Hall–Kier alpha value is -0.550. The molecule has 4 rings (SSSR count). The van der Waals surface area contributed by atoms with Gasteiger partial charge in [0.2, 0.25) is 0 Å². The van der Waals surface area contributed by atoms with Crippen LogP contribution in [0.4, 0.5) is 0 Å². The van der Waals surface area contributed by atoms with Crippen LogP contribution in [-0.4, -0.2) is 11.2 Å². The fraction of sp³-hybridized carbons (Fsp3) is 0.947. The van der Waals surface area contributed by atoms with Gasteiger partial charge in [-0.25, -0.2) is 0 Å². The molecule has 8 atom stereocenters. The summed E-state index contributed by atoms with van der Waals surface area (Å²) in [6.45, 7) is 2.42. The van der Waals surface area contributed by atoms with E-state index in [0.29, 0.717) is 11.3 Å². The minimum atomic E-state index is -0.0221. The van der Waals surface area contributed by atoms with Crippen LogP contribution >= 0.6 is 0 Å². The Morgan fingerprint density at radius 2 is 1.76 bits per heavy atom. The highest BCUT2D eigenvalue weighted by Gasteiger charge is 2.57. The van der Waals surface area contributed by atoms with Gasteiger partial charge in [0.15, 0.2) is 0 Å². The Labute approximate surface area is 128 Å². The molecule has 0 amide bonds. The maximum Gasteiger partial charge on any atom is 0.0661 e. The molecule has 0 spiro atoms. The third-order valence-electron chi connectivity index (χ3n) is 8.08. The zero-order chi connectivity index (χ0) is 14.6. The van der Waals surface area contributed by atoms with Crippen LogP contribution < -0.4 is 0 Å². The Morgan fingerprint density at radius 1 is 0.952 bits per heavy atom. The van der Waals surface area contributed by atoms with Crippen molar-refractivity contribution in [2.45, 2.75) is 70.8 Å². The summed E-state index contributed by atoms with van der Waals surface area (Å²) in [4.78, 5) is 0. The highest BCUT2D eigenvalue weighted by atomic mass is 16.3. The van der Waals surface area contributed by atoms with Crippen LogP contribution in [-0.2, 0) is 0 Å². The van der Waals surface area contributed by atoms with Crippen LogP contribution in [0.5, 0.6) is 0 Å². The standard InChI is InChI=1S/C19H29NO/c1-19-9-8-16-15-6-4-14(21)10-12(15)2-5-17(16)18(19)7-3-13(19)11-20/h12-18,21H,2-10H2,1H3/t12?,13-,14-,15+,16-,17-,18+,19-/m1/s1. The zero-order valence-corrected chi connectivity index (χ0v) is 13.3. The van der Waals surface area contributed by atoms with Crippen LogP contribution in [0.1, 0.15) is 64.7 Å². The topological polar surface area (TPSA) is 44.0 Å². The second-order valence-corrected chi connectivity index (χ2v) is 8.71. The molecule has 0 aliphatic heterocycles. The molecule has 4 saturated carbocycles. The third-order valence-corrected chi connectivity index (χ3v) is 8.08. The van der Waals surface area contributed by atoms with Gasteiger partial charge in [0, 0.05) is 0 Å². The van der Waals surface area contributed by atoms with Crippen LogP contribution in [0, 0.1) is 52.3 Å². The Morgan fingerprint density at radius 3 is 2.57 bits per heavy atom. The van der Waals surface area contributed by atoms with Gasteiger partial charge in [-0.1, -0.05) is 6.92 Å². The highest BCUT2D eigenvalue weighted by Crippen LogP contribution is 2.63. The molecule has 0 bridgehead atoms. The molecule has 0 aromatic carbocycles. The summed E-state index contributed by atoms with van der Waals surface area (Å²) >= 11 is 0. The molecule has 0 aromatic heterocycles. The van der Waals surface area contributed by atoms with Gasteiger partial charge in [-0.3, -0.25) is 0 Å². The number of rotatable bonds is 0. The Balaban J connectivity index is 1.57. The van der Waals surface area contributed by atoms with Crippen molar-refractivity contribution in [2.24, 2.45) is 40.9 Å². The van der Waals surface area contributed by atoms with E-state index in [1.54, 1.807) is 0 Å². The zero-order valence-electron chi connectivity index (χ0n) is 13.3. The number of aliphatic hydroxyl groups is 1. The minimum Gasteiger partial charge on any atom is -0.393 e. The van der Waals surface area contributed by atoms with Crippen molar-refractivity contribution < 1.29 is 5.11 Å². The van der Waals surface area contributed by atoms with Gasteiger partial charge in [-0.05, 0) is 92.8 Å². The molecule has 4 fully saturated rings. The largest absolute Gasteiger partial charge is 0.393 e. The van der Waals surface area contributed by atoms with Gasteiger partial charge in [-0.15, -0.1) is 0 Å². The predicted octanol–water partition coefficient (Wildman–Crippen LogP) is 4.14. The first kappa shape index (κ1) is 14.1. The van der Waals surface area contributed by atoms with Crippen molar-refractivity contribution in [3.05, 3.63) is 0 Å². The molecule has 0 saturated heterocycles. The van der Waals surface area contributed by atoms with Crippen molar-refractivity contribution in [2.75, 3.05) is 0 Å².